The standard InChI is InChI=1S/C6H9NO2.Na.H/c1-3-6(4-7)9-5(2)8;;/h6H,3H2,1-2H3;;. The van der Waals surface area contributed by atoms with Gasteiger partial charge >= 0.3 is 35.5 Å². The van der Waals surface area contributed by atoms with Crippen LogP contribution in [0.5, 0.6) is 0 Å². The van der Waals surface area contributed by atoms with Crippen LogP contribution in [0.4, 0.5) is 0 Å². The fraction of sp³-hybridized carbons (Fsp3) is 0.667. The number of nitriles is 1. The molecule has 1 unspecified atom stereocenters. The van der Waals surface area contributed by atoms with Gasteiger partial charge in [-0.3, -0.25) is 4.79 Å². The van der Waals surface area contributed by atoms with Crippen LogP contribution in [0, 0.1) is 11.3 Å². The topological polar surface area (TPSA) is 50.1 Å². The Morgan fingerprint density at radius 1 is 1.80 bits per heavy atom. The number of esters is 1. The molecule has 0 saturated carbocycles. The van der Waals surface area contributed by atoms with Crippen molar-refractivity contribution < 1.29 is 9.53 Å². The van der Waals surface area contributed by atoms with E-state index < -0.39 is 12.1 Å². The Morgan fingerprint density at radius 3 is 2.40 bits per heavy atom. The van der Waals surface area contributed by atoms with Crippen LogP contribution in [0.1, 0.15) is 20.3 Å². The van der Waals surface area contributed by atoms with Gasteiger partial charge in [0.1, 0.15) is 6.07 Å². The Kier molecular flexibility index (Phi) is 8.92. The van der Waals surface area contributed by atoms with Gasteiger partial charge in [0.2, 0.25) is 0 Å². The first-order valence-corrected chi connectivity index (χ1v) is 2.77. The van der Waals surface area contributed by atoms with Crippen molar-refractivity contribution in [3.63, 3.8) is 0 Å². The molecule has 0 aliphatic heterocycles. The monoisotopic (exact) mass is 151 g/mol. The Bertz CT molecular complexity index is 141. The molecule has 0 fully saturated rings. The summed E-state index contributed by atoms with van der Waals surface area (Å²) in [6, 6.07) is 1.84. The number of ether oxygens (including phenoxy) is 1. The van der Waals surface area contributed by atoms with Crippen LogP contribution < -0.4 is 0 Å². The van der Waals surface area contributed by atoms with E-state index in [1.807, 2.05) is 6.07 Å². The molecule has 0 saturated heterocycles. The fourth-order valence-corrected chi connectivity index (χ4v) is 0.401. The summed E-state index contributed by atoms with van der Waals surface area (Å²) in [5.41, 5.74) is 0. The average molecular weight is 151 g/mol. The molecule has 0 spiro atoms. The molecular weight excluding hydrogens is 141 g/mol. The van der Waals surface area contributed by atoms with Crippen LogP contribution in [0.3, 0.4) is 0 Å². The van der Waals surface area contributed by atoms with E-state index in [0.29, 0.717) is 6.42 Å². The zero-order valence-electron chi connectivity index (χ0n) is 5.55. The summed E-state index contributed by atoms with van der Waals surface area (Å²) in [6.45, 7) is 3.08. The predicted octanol–water partition coefficient (Wildman–Crippen LogP) is 0.203. The Balaban J connectivity index is 0. The first-order chi connectivity index (χ1) is 4.20. The molecule has 0 bridgehead atoms. The first kappa shape index (κ1) is 12.6. The van der Waals surface area contributed by atoms with Crippen molar-refractivity contribution in [1.82, 2.24) is 0 Å². The van der Waals surface area contributed by atoms with Gasteiger partial charge in [0.15, 0.2) is 6.10 Å². The van der Waals surface area contributed by atoms with Crippen LogP contribution in [0.25, 0.3) is 0 Å². The maximum absolute atomic E-state index is 10.2. The van der Waals surface area contributed by atoms with Gasteiger partial charge in [-0.25, -0.2) is 0 Å². The third kappa shape index (κ3) is 6.09. The molecule has 0 aliphatic rings. The van der Waals surface area contributed by atoms with Crippen LogP contribution in [0.15, 0.2) is 0 Å². The molecule has 0 aromatic rings. The second kappa shape index (κ2) is 7.07. The molecule has 0 amide bonds. The van der Waals surface area contributed by atoms with Crippen molar-refractivity contribution in [2.45, 2.75) is 26.4 Å². The first-order valence-electron chi connectivity index (χ1n) is 2.77. The van der Waals surface area contributed by atoms with E-state index in [1.165, 1.54) is 6.92 Å². The average Bonchev–Trinajstić information content (AvgIpc) is 1.82. The van der Waals surface area contributed by atoms with Crippen molar-refractivity contribution >= 4 is 35.5 Å². The zero-order valence-corrected chi connectivity index (χ0v) is 5.55. The van der Waals surface area contributed by atoms with Gasteiger partial charge in [-0.2, -0.15) is 5.26 Å². The summed E-state index contributed by atoms with van der Waals surface area (Å²) in [5, 5.41) is 8.25. The second-order valence-corrected chi connectivity index (χ2v) is 1.64. The summed E-state index contributed by atoms with van der Waals surface area (Å²) >= 11 is 0. The summed E-state index contributed by atoms with van der Waals surface area (Å²) in [7, 11) is 0. The Hall–Kier alpha value is -0.0400. The second-order valence-electron chi connectivity index (χ2n) is 1.64. The number of carbonyl (C=O) groups is 1. The molecule has 1 atom stereocenters. The summed E-state index contributed by atoms with van der Waals surface area (Å²) in [6.07, 6.45) is -0.0155. The van der Waals surface area contributed by atoms with E-state index in [9.17, 15) is 4.79 Å². The zero-order chi connectivity index (χ0) is 7.28. The third-order valence-corrected chi connectivity index (χ3v) is 0.823. The van der Waals surface area contributed by atoms with Crippen LogP contribution in [-0.4, -0.2) is 41.6 Å². The molecule has 0 aromatic carbocycles. The summed E-state index contributed by atoms with van der Waals surface area (Å²) < 4.78 is 4.55. The van der Waals surface area contributed by atoms with E-state index in [2.05, 4.69) is 4.74 Å². The van der Waals surface area contributed by atoms with E-state index in [4.69, 9.17) is 5.26 Å². The molecule has 0 N–H and O–H groups in total. The molecule has 4 heteroatoms. The SMILES string of the molecule is CCC(C#N)OC(C)=O.[NaH]. The van der Waals surface area contributed by atoms with Gasteiger partial charge in [-0.05, 0) is 6.42 Å². The molecule has 10 heavy (non-hydrogen) atoms. The number of hydrogen-bond acceptors (Lipinski definition) is 3. The molecule has 0 aromatic heterocycles. The Labute approximate surface area is 82.6 Å². The molecule has 0 radical (unpaired) electrons. The summed E-state index contributed by atoms with van der Waals surface area (Å²) in [5.74, 6) is -0.400. The van der Waals surface area contributed by atoms with Crippen molar-refractivity contribution in [2.24, 2.45) is 0 Å². The van der Waals surface area contributed by atoms with Gasteiger partial charge in [0.05, 0.1) is 0 Å². The third-order valence-electron chi connectivity index (χ3n) is 0.823. The van der Waals surface area contributed by atoms with E-state index in [-0.39, 0.29) is 29.6 Å². The molecule has 3 nitrogen and oxygen atoms in total. The van der Waals surface area contributed by atoms with E-state index >= 15 is 0 Å². The quantitative estimate of drug-likeness (QED) is 0.418. The Morgan fingerprint density at radius 2 is 2.30 bits per heavy atom. The van der Waals surface area contributed by atoms with Crippen molar-refractivity contribution in [3.8, 4) is 6.07 Å². The van der Waals surface area contributed by atoms with Crippen molar-refractivity contribution in [2.75, 3.05) is 0 Å². The van der Waals surface area contributed by atoms with Crippen LogP contribution in [0.2, 0.25) is 0 Å². The van der Waals surface area contributed by atoms with Gasteiger partial charge in [-0.1, -0.05) is 6.92 Å². The number of nitrogens with zero attached hydrogens (tertiary/aromatic N) is 1. The molecule has 52 valence electrons. The van der Waals surface area contributed by atoms with Gasteiger partial charge in [-0.15, -0.1) is 0 Å². The number of hydrogen-bond donors (Lipinski definition) is 0. The van der Waals surface area contributed by atoms with E-state index in [0.717, 1.165) is 0 Å². The molecule has 0 heterocycles. The van der Waals surface area contributed by atoms with Gasteiger partial charge < -0.3 is 4.74 Å². The van der Waals surface area contributed by atoms with Crippen molar-refractivity contribution in [3.05, 3.63) is 0 Å². The number of rotatable bonds is 2. The molecule has 0 aliphatic carbocycles. The molecular formula is C6H10NNaO2. The van der Waals surface area contributed by atoms with Crippen LogP contribution in [-0.2, 0) is 9.53 Å². The van der Waals surface area contributed by atoms with Crippen molar-refractivity contribution in [1.29, 1.82) is 5.26 Å². The van der Waals surface area contributed by atoms with Crippen LogP contribution >= 0.6 is 0 Å². The maximum atomic E-state index is 10.2. The molecule has 0 rings (SSSR count). The fourth-order valence-electron chi connectivity index (χ4n) is 0.401. The van der Waals surface area contributed by atoms with Gasteiger partial charge in [0.25, 0.3) is 0 Å². The minimum atomic E-state index is -0.567. The summed E-state index contributed by atoms with van der Waals surface area (Å²) in [4.78, 5) is 10.2. The normalized spacial score (nSPS) is 10.5. The predicted molar refractivity (Wildman–Crippen MR) is 38.6 cm³/mol. The van der Waals surface area contributed by atoms with Gasteiger partial charge in [0, 0.05) is 6.92 Å². The minimum absolute atomic E-state index is 0. The van der Waals surface area contributed by atoms with E-state index in [1.54, 1.807) is 6.92 Å². The number of carbonyl (C=O) groups excluding carboxylic acids is 1.